The molecule has 0 amide bonds. The van der Waals surface area contributed by atoms with Gasteiger partial charge in [-0.2, -0.15) is 13.2 Å². The van der Waals surface area contributed by atoms with Gasteiger partial charge in [-0.15, -0.1) is 0 Å². The van der Waals surface area contributed by atoms with E-state index >= 15 is 0 Å². The highest BCUT2D eigenvalue weighted by Crippen LogP contribution is 2.40. The summed E-state index contributed by atoms with van der Waals surface area (Å²) >= 11 is 0. The van der Waals surface area contributed by atoms with E-state index in [1.807, 2.05) is 19.1 Å². The summed E-state index contributed by atoms with van der Waals surface area (Å²) < 4.78 is 37.8. The first-order valence-corrected chi connectivity index (χ1v) is 6.56. The Balaban J connectivity index is 2.44. The molecule has 1 saturated carbocycles. The lowest BCUT2D eigenvalue weighted by molar-refractivity contribution is -0.185. The lowest BCUT2D eigenvalue weighted by Gasteiger charge is -2.40. The molecule has 0 radical (unpaired) electrons. The Labute approximate surface area is 107 Å². The molecule has 0 aromatic carbocycles. The van der Waals surface area contributed by atoms with E-state index < -0.39 is 12.1 Å². The van der Waals surface area contributed by atoms with E-state index in [-0.39, 0.29) is 18.4 Å². The Morgan fingerprint density at radius 1 is 1.33 bits per heavy atom. The molecule has 0 saturated heterocycles. The third-order valence-electron chi connectivity index (χ3n) is 3.84. The minimum atomic E-state index is -4.05. The highest BCUT2D eigenvalue weighted by Gasteiger charge is 2.45. The maximum absolute atomic E-state index is 12.6. The van der Waals surface area contributed by atoms with Gasteiger partial charge in [-0.25, -0.2) is 0 Å². The third kappa shape index (κ3) is 4.28. The van der Waals surface area contributed by atoms with Gasteiger partial charge in [-0.1, -0.05) is 12.2 Å². The number of allylic oxidation sites excluding steroid dienone is 1. The van der Waals surface area contributed by atoms with Gasteiger partial charge in [0.15, 0.2) is 0 Å². The Bertz CT molecular complexity index is 266. The Hall–Kier alpha value is -0.550. The molecular formula is C13H23F3N2. The number of alkyl halides is 3. The molecule has 0 unspecified atom stereocenters. The van der Waals surface area contributed by atoms with E-state index in [1.54, 1.807) is 0 Å². The average molecular weight is 264 g/mol. The van der Waals surface area contributed by atoms with Crippen LogP contribution in [0.15, 0.2) is 12.2 Å². The molecule has 2 nitrogen and oxygen atoms in total. The van der Waals surface area contributed by atoms with Crippen molar-refractivity contribution in [2.24, 2.45) is 11.7 Å². The van der Waals surface area contributed by atoms with Gasteiger partial charge in [0.05, 0.1) is 5.92 Å². The van der Waals surface area contributed by atoms with Gasteiger partial charge in [-0.3, -0.25) is 0 Å². The minimum absolute atomic E-state index is 0.192. The van der Waals surface area contributed by atoms with Crippen LogP contribution in [0.25, 0.3) is 0 Å². The molecule has 0 aromatic rings. The fourth-order valence-corrected chi connectivity index (χ4v) is 2.54. The normalized spacial score (nSPS) is 29.9. The van der Waals surface area contributed by atoms with Gasteiger partial charge in [0.1, 0.15) is 0 Å². The minimum Gasteiger partial charge on any atom is -0.329 e. The second-order valence-electron chi connectivity index (χ2n) is 5.08. The van der Waals surface area contributed by atoms with Crippen molar-refractivity contribution in [1.29, 1.82) is 0 Å². The van der Waals surface area contributed by atoms with Crippen LogP contribution in [0.2, 0.25) is 0 Å². The van der Waals surface area contributed by atoms with Crippen LogP contribution in [0.5, 0.6) is 0 Å². The summed E-state index contributed by atoms with van der Waals surface area (Å²) in [5.41, 5.74) is 5.46. The summed E-state index contributed by atoms with van der Waals surface area (Å²) in [5, 5.41) is 3.35. The van der Waals surface area contributed by atoms with E-state index in [0.29, 0.717) is 19.4 Å². The van der Waals surface area contributed by atoms with Crippen molar-refractivity contribution in [3.05, 3.63) is 12.2 Å². The van der Waals surface area contributed by atoms with Crippen molar-refractivity contribution in [3.63, 3.8) is 0 Å². The SMILES string of the molecule is C/C=C/CCNC1(CN)CCC(C(F)(F)F)CC1. The Morgan fingerprint density at radius 3 is 2.39 bits per heavy atom. The lowest BCUT2D eigenvalue weighted by Crippen LogP contribution is -2.54. The molecule has 1 aliphatic carbocycles. The highest BCUT2D eigenvalue weighted by atomic mass is 19.4. The number of halogens is 3. The molecule has 18 heavy (non-hydrogen) atoms. The van der Waals surface area contributed by atoms with Gasteiger partial charge in [0, 0.05) is 12.1 Å². The van der Waals surface area contributed by atoms with Crippen molar-refractivity contribution in [3.8, 4) is 0 Å². The molecule has 0 aromatic heterocycles. The van der Waals surface area contributed by atoms with Crippen LogP contribution in [0.3, 0.4) is 0 Å². The zero-order valence-electron chi connectivity index (χ0n) is 10.9. The van der Waals surface area contributed by atoms with Gasteiger partial charge in [-0.05, 0) is 45.6 Å². The molecule has 0 spiro atoms. The van der Waals surface area contributed by atoms with E-state index in [2.05, 4.69) is 5.32 Å². The van der Waals surface area contributed by atoms with Gasteiger partial charge in [0.25, 0.3) is 0 Å². The number of nitrogens with one attached hydrogen (secondary N) is 1. The van der Waals surface area contributed by atoms with Gasteiger partial charge < -0.3 is 11.1 Å². The monoisotopic (exact) mass is 264 g/mol. The maximum atomic E-state index is 12.6. The Morgan fingerprint density at radius 2 is 1.94 bits per heavy atom. The molecule has 106 valence electrons. The van der Waals surface area contributed by atoms with Crippen molar-refractivity contribution in [2.75, 3.05) is 13.1 Å². The second-order valence-corrected chi connectivity index (χ2v) is 5.08. The van der Waals surface area contributed by atoms with Crippen LogP contribution in [-0.4, -0.2) is 24.8 Å². The molecule has 0 bridgehead atoms. The molecule has 0 heterocycles. The van der Waals surface area contributed by atoms with Crippen LogP contribution in [-0.2, 0) is 0 Å². The summed E-state index contributed by atoms with van der Waals surface area (Å²) in [7, 11) is 0. The van der Waals surface area contributed by atoms with Crippen LogP contribution in [0, 0.1) is 5.92 Å². The summed E-state index contributed by atoms with van der Waals surface area (Å²) in [5.74, 6) is -1.14. The summed E-state index contributed by atoms with van der Waals surface area (Å²) in [6.07, 6.45) is 2.27. The molecule has 1 fully saturated rings. The molecule has 3 N–H and O–H groups in total. The highest BCUT2D eigenvalue weighted by molar-refractivity contribution is 4.95. The zero-order valence-corrected chi connectivity index (χ0v) is 10.9. The standard InChI is InChI=1S/C13H23F3N2/c1-2-3-4-9-18-12(10-17)7-5-11(6-8-12)13(14,15)16/h2-3,11,18H,4-10,17H2,1H3/b3-2+. The van der Waals surface area contributed by atoms with Crippen LogP contribution < -0.4 is 11.1 Å². The predicted octanol–water partition coefficient (Wildman–Crippen LogP) is 2.99. The smallest absolute Gasteiger partial charge is 0.329 e. The molecule has 0 aliphatic heterocycles. The fourth-order valence-electron chi connectivity index (χ4n) is 2.54. The topological polar surface area (TPSA) is 38.0 Å². The van der Waals surface area contributed by atoms with Gasteiger partial charge >= 0.3 is 6.18 Å². The number of hydrogen-bond donors (Lipinski definition) is 2. The van der Waals surface area contributed by atoms with Crippen molar-refractivity contribution >= 4 is 0 Å². The van der Waals surface area contributed by atoms with Crippen LogP contribution in [0.1, 0.15) is 39.0 Å². The maximum Gasteiger partial charge on any atom is 0.391 e. The fraction of sp³-hybridized carbons (Fsp3) is 0.846. The predicted molar refractivity (Wildman–Crippen MR) is 67.2 cm³/mol. The molecular weight excluding hydrogens is 241 g/mol. The van der Waals surface area contributed by atoms with Gasteiger partial charge in [0.2, 0.25) is 0 Å². The first kappa shape index (κ1) is 15.5. The summed E-state index contributed by atoms with van der Waals surface area (Å²) in [6, 6.07) is 0. The molecule has 5 heteroatoms. The van der Waals surface area contributed by atoms with Crippen molar-refractivity contribution in [1.82, 2.24) is 5.32 Å². The van der Waals surface area contributed by atoms with E-state index in [1.165, 1.54) is 0 Å². The second kappa shape index (κ2) is 6.57. The van der Waals surface area contributed by atoms with Crippen molar-refractivity contribution in [2.45, 2.75) is 50.7 Å². The quantitative estimate of drug-likeness (QED) is 0.592. The Kier molecular flexibility index (Phi) is 5.66. The van der Waals surface area contributed by atoms with E-state index in [0.717, 1.165) is 13.0 Å². The first-order chi connectivity index (χ1) is 8.43. The number of rotatable bonds is 5. The molecule has 0 atom stereocenters. The largest absolute Gasteiger partial charge is 0.391 e. The van der Waals surface area contributed by atoms with Crippen LogP contribution >= 0.6 is 0 Å². The average Bonchev–Trinajstić information content (AvgIpc) is 2.34. The number of nitrogens with two attached hydrogens (primary N) is 1. The van der Waals surface area contributed by atoms with Crippen molar-refractivity contribution < 1.29 is 13.2 Å². The molecule has 1 aliphatic rings. The number of hydrogen-bond acceptors (Lipinski definition) is 2. The van der Waals surface area contributed by atoms with Crippen LogP contribution in [0.4, 0.5) is 13.2 Å². The first-order valence-electron chi connectivity index (χ1n) is 6.56. The van der Waals surface area contributed by atoms with E-state index in [9.17, 15) is 13.2 Å². The molecule has 1 rings (SSSR count). The zero-order chi connectivity index (χ0) is 13.6. The summed E-state index contributed by atoms with van der Waals surface area (Å²) in [4.78, 5) is 0. The summed E-state index contributed by atoms with van der Waals surface area (Å²) in [6.45, 7) is 3.14. The van der Waals surface area contributed by atoms with E-state index in [4.69, 9.17) is 5.73 Å². The lowest BCUT2D eigenvalue weighted by atomic mass is 9.76. The third-order valence-corrected chi connectivity index (χ3v) is 3.84.